The Bertz CT molecular complexity index is 1070. The molecule has 0 saturated carbocycles. The molecule has 0 saturated heterocycles. The number of nitrogens with one attached hydrogen (secondary N) is 1. The Balaban J connectivity index is 1.95. The minimum absolute atomic E-state index is 0.174. The molecule has 0 bridgehead atoms. The number of hydrogen-bond acceptors (Lipinski definition) is 5. The lowest BCUT2D eigenvalue weighted by atomic mass is 10.1. The third kappa shape index (κ3) is 3.94. The van der Waals surface area contributed by atoms with Crippen molar-refractivity contribution >= 4 is 28.3 Å². The van der Waals surface area contributed by atoms with E-state index in [2.05, 4.69) is 10.1 Å². The second kappa shape index (κ2) is 8.49. The molecule has 0 atom stereocenters. The molecule has 2 aromatic carbocycles. The van der Waals surface area contributed by atoms with Gasteiger partial charge in [0.25, 0.3) is 11.5 Å². The molecule has 0 unspecified atom stereocenters. The van der Waals surface area contributed by atoms with Gasteiger partial charge in [0.05, 0.1) is 24.8 Å². The molecule has 7 nitrogen and oxygen atoms in total. The van der Waals surface area contributed by atoms with E-state index in [0.29, 0.717) is 40.7 Å². The highest BCUT2D eigenvalue weighted by molar-refractivity contribution is 6.12. The van der Waals surface area contributed by atoms with Crippen LogP contribution < -0.4 is 10.9 Å². The number of hydrogen-bond donors (Lipinski definition) is 1. The number of carbonyl (C=O) groups is 2. The van der Waals surface area contributed by atoms with Crippen LogP contribution in [0, 0.1) is 0 Å². The van der Waals surface area contributed by atoms with Crippen molar-refractivity contribution in [2.75, 3.05) is 26.1 Å². The molecule has 28 heavy (non-hydrogen) atoms. The van der Waals surface area contributed by atoms with Crippen LogP contribution in [0.2, 0.25) is 0 Å². The van der Waals surface area contributed by atoms with Crippen LogP contribution in [0.3, 0.4) is 0 Å². The number of nitrogens with zero attached hydrogens (tertiary/aromatic N) is 1. The monoisotopic (exact) mass is 380 g/mol. The van der Waals surface area contributed by atoms with Crippen LogP contribution >= 0.6 is 0 Å². The summed E-state index contributed by atoms with van der Waals surface area (Å²) in [4.78, 5) is 37.0. The Morgan fingerprint density at radius 1 is 1.00 bits per heavy atom. The molecule has 1 heterocycles. The lowest BCUT2D eigenvalue weighted by Crippen LogP contribution is -2.25. The van der Waals surface area contributed by atoms with Crippen LogP contribution in [-0.2, 0) is 16.0 Å². The lowest BCUT2D eigenvalue weighted by Gasteiger charge is -2.12. The zero-order valence-corrected chi connectivity index (χ0v) is 15.6. The molecule has 0 radical (unpaired) electrons. The minimum Gasteiger partial charge on any atom is -0.465 e. The maximum absolute atomic E-state index is 12.9. The zero-order valence-electron chi connectivity index (χ0n) is 15.6. The molecule has 1 amide bonds. The van der Waals surface area contributed by atoms with Crippen molar-refractivity contribution in [2.24, 2.45) is 0 Å². The first-order valence-electron chi connectivity index (χ1n) is 8.66. The van der Waals surface area contributed by atoms with Gasteiger partial charge in [0.2, 0.25) is 0 Å². The number of aromatic nitrogens is 1. The summed E-state index contributed by atoms with van der Waals surface area (Å²) in [5, 5.41) is 3.84. The highest BCUT2D eigenvalue weighted by Crippen LogP contribution is 2.18. The maximum Gasteiger partial charge on any atom is 0.337 e. The molecule has 0 aliphatic carbocycles. The number of amides is 1. The first-order chi connectivity index (χ1) is 13.5. The first kappa shape index (κ1) is 19.3. The third-order valence-corrected chi connectivity index (χ3v) is 4.34. The number of rotatable bonds is 6. The van der Waals surface area contributed by atoms with Crippen molar-refractivity contribution in [1.29, 1.82) is 0 Å². The fourth-order valence-corrected chi connectivity index (χ4v) is 2.89. The average molecular weight is 380 g/mol. The molecule has 0 aliphatic heterocycles. The Morgan fingerprint density at radius 2 is 1.68 bits per heavy atom. The summed E-state index contributed by atoms with van der Waals surface area (Å²) in [5.41, 5.74) is 1.12. The quantitative estimate of drug-likeness (QED) is 0.665. The van der Waals surface area contributed by atoms with Gasteiger partial charge in [-0.05, 0) is 30.3 Å². The highest BCUT2D eigenvalue weighted by Gasteiger charge is 2.15. The second-order valence-corrected chi connectivity index (χ2v) is 6.10. The van der Waals surface area contributed by atoms with Gasteiger partial charge in [-0.25, -0.2) is 4.79 Å². The van der Waals surface area contributed by atoms with Gasteiger partial charge in [-0.2, -0.15) is 0 Å². The summed E-state index contributed by atoms with van der Waals surface area (Å²) in [7, 11) is 2.86. The molecule has 0 fully saturated rings. The fourth-order valence-electron chi connectivity index (χ4n) is 2.89. The largest absolute Gasteiger partial charge is 0.465 e. The SMILES string of the molecule is COCCn1cc(C(=O)Nc2ccc(C(=O)OC)cc2)c2ccccc2c1=O. The molecule has 3 rings (SSSR count). The van der Waals surface area contributed by atoms with Gasteiger partial charge < -0.3 is 19.4 Å². The Labute approximate surface area is 161 Å². The van der Waals surface area contributed by atoms with Crippen molar-refractivity contribution < 1.29 is 19.1 Å². The number of benzene rings is 2. The lowest BCUT2D eigenvalue weighted by molar-refractivity contribution is 0.0600. The summed E-state index contributed by atoms with van der Waals surface area (Å²) in [6.45, 7) is 0.697. The topological polar surface area (TPSA) is 86.6 Å². The summed E-state index contributed by atoms with van der Waals surface area (Å²) >= 11 is 0. The number of pyridine rings is 1. The van der Waals surface area contributed by atoms with Crippen molar-refractivity contribution in [3.05, 3.63) is 76.2 Å². The van der Waals surface area contributed by atoms with E-state index in [4.69, 9.17) is 4.74 Å². The highest BCUT2D eigenvalue weighted by atomic mass is 16.5. The van der Waals surface area contributed by atoms with Crippen molar-refractivity contribution in [2.45, 2.75) is 6.54 Å². The minimum atomic E-state index is -0.450. The first-order valence-corrected chi connectivity index (χ1v) is 8.66. The van der Waals surface area contributed by atoms with Crippen LogP contribution in [0.1, 0.15) is 20.7 Å². The van der Waals surface area contributed by atoms with E-state index in [0.717, 1.165) is 0 Å². The average Bonchev–Trinajstić information content (AvgIpc) is 2.73. The van der Waals surface area contributed by atoms with E-state index >= 15 is 0 Å². The maximum atomic E-state index is 12.9. The third-order valence-electron chi connectivity index (χ3n) is 4.34. The van der Waals surface area contributed by atoms with Crippen molar-refractivity contribution in [3.63, 3.8) is 0 Å². The number of carbonyl (C=O) groups excluding carboxylic acids is 2. The molecule has 3 aromatic rings. The van der Waals surface area contributed by atoms with Crippen LogP contribution in [0.4, 0.5) is 5.69 Å². The van der Waals surface area contributed by atoms with E-state index in [9.17, 15) is 14.4 Å². The van der Waals surface area contributed by atoms with E-state index in [1.807, 2.05) is 0 Å². The second-order valence-electron chi connectivity index (χ2n) is 6.10. The summed E-state index contributed by atoms with van der Waals surface area (Å²) < 4.78 is 11.2. The predicted molar refractivity (Wildman–Crippen MR) is 106 cm³/mol. The zero-order chi connectivity index (χ0) is 20.1. The summed E-state index contributed by atoms with van der Waals surface area (Å²) in [6.07, 6.45) is 1.54. The summed E-state index contributed by atoms with van der Waals surface area (Å²) in [5.74, 6) is -0.803. The molecule has 144 valence electrons. The van der Waals surface area contributed by atoms with Gasteiger partial charge in [0.1, 0.15) is 0 Å². The number of esters is 1. The van der Waals surface area contributed by atoms with E-state index in [1.54, 1.807) is 61.8 Å². The van der Waals surface area contributed by atoms with Crippen molar-refractivity contribution in [1.82, 2.24) is 4.57 Å². The molecule has 0 spiro atoms. The summed E-state index contributed by atoms with van der Waals surface area (Å²) in [6, 6.07) is 13.4. The van der Waals surface area contributed by atoms with E-state index < -0.39 is 5.97 Å². The molecular weight excluding hydrogens is 360 g/mol. The number of anilines is 1. The number of methoxy groups -OCH3 is 2. The number of fused-ring (bicyclic) bond motifs is 1. The molecule has 1 aromatic heterocycles. The van der Waals surface area contributed by atoms with E-state index in [-0.39, 0.29) is 11.5 Å². The Kier molecular flexibility index (Phi) is 5.86. The molecule has 7 heteroatoms. The molecular formula is C21H20N2O5. The van der Waals surface area contributed by atoms with Gasteiger partial charge in [-0.15, -0.1) is 0 Å². The predicted octanol–water partition coefficient (Wildman–Crippen LogP) is 2.69. The van der Waals surface area contributed by atoms with Gasteiger partial charge >= 0.3 is 5.97 Å². The van der Waals surface area contributed by atoms with E-state index in [1.165, 1.54) is 11.7 Å². The fraction of sp³-hybridized carbons (Fsp3) is 0.190. The van der Waals surface area contributed by atoms with Gasteiger partial charge in [0, 0.05) is 36.3 Å². The van der Waals surface area contributed by atoms with Crippen molar-refractivity contribution in [3.8, 4) is 0 Å². The standard InChI is InChI=1S/C21H20N2O5/c1-27-12-11-23-13-18(16-5-3-4-6-17(16)20(23)25)19(24)22-15-9-7-14(8-10-15)21(26)28-2/h3-10,13H,11-12H2,1-2H3,(H,22,24). The molecule has 0 aliphatic rings. The van der Waals surface area contributed by atoms with Crippen LogP contribution in [-0.4, -0.2) is 37.3 Å². The normalized spacial score (nSPS) is 10.6. The van der Waals surface area contributed by atoms with Crippen LogP contribution in [0.5, 0.6) is 0 Å². The Hall–Kier alpha value is -3.45. The smallest absolute Gasteiger partial charge is 0.337 e. The van der Waals surface area contributed by atoms with Gasteiger partial charge in [-0.3, -0.25) is 9.59 Å². The van der Waals surface area contributed by atoms with Crippen LogP contribution in [0.15, 0.2) is 59.5 Å². The van der Waals surface area contributed by atoms with Gasteiger partial charge in [0.15, 0.2) is 0 Å². The Morgan fingerprint density at radius 3 is 2.32 bits per heavy atom. The van der Waals surface area contributed by atoms with Crippen LogP contribution in [0.25, 0.3) is 10.8 Å². The molecule has 1 N–H and O–H groups in total. The van der Waals surface area contributed by atoms with Gasteiger partial charge in [-0.1, -0.05) is 18.2 Å². The number of ether oxygens (including phenoxy) is 2.